The number of aromatic nitrogens is 2. The van der Waals surface area contributed by atoms with E-state index in [0.29, 0.717) is 24.5 Å². The zero-order valence-electron chi connectivity index (χ0n) is 26.7. The average molecular weight is 641 g/mol. The summed E-state index contributed by atoms with van der Waals surface area (Å²) < 4.78 is 49.0. The standard InChI is InChI=1S/C36H40N4O5S/c1-25-15-17-40-34(21-31-22-37-16-18-45-31)36(38-35(40)19-25)33-14-13-32(20-26(33)2)46(41,42)39(23-27-5-9-29(43-3)10-6-27)24-28-7-11-30(44-4)12-8-28/h5-15,17,19-20,31,37H,16,18,21-24H2,1-4H3/t31-/m0/s1. The molecule has 9 nitrogen and oxygen atoms in total. The van der Waals surface area contributed by atoms with Gasteiger partial charge in [0.2, 0.25) is 10.0 Å². The Morgan fingerprint density at radius 2 is 1.57 bits per heavy atom. The van der Waals surface area contributed by atoms with E-state index < -0.39 is 10.0 Å². The van der Waals surface area contributed by atoms with Gasteiger partial charge in [-0.2, -0.15) is 4.31 Å². The summed E-state index contributed by atoms with van der Waals surface area (Å²) >= 11 is 0. The van der Waals surface area contributed by atoms with Crippen molar-refractivity contribution in [3.63, 3.8) is 0 Å². The summed E-state index contributed by atoms with van der Waals surface area (Å²) in [7, 11) is -0.677. The highest BCUT2D eigenvalue weighted by molar-refractivity contribution is 7.89. The molecule has 240 valence electrons. The second-order valence-corrected chi connectivity index (χ2v) is 13.6. The van der Waals surface area contributed by atoms with Gasteiger partial charge >= 0.3 is 0 Å². The second kappa shape index (κ2) is 13.6. The molecule has 0 bridgehead atoms. The van der Waals surface area contributed by atoms with Crippen LogP contribution in [0.2, 0.25) is 0 Å². The maximum Gasteiger partial charge on any atom is 0.243 e. The van der Waals surface area contributed by atoms with E-state index in [1.165, 1.54) is 4.31 Å². The van der Waals surface area contributed by atoms with Gasteiger partial charge in [-0.15, -0.1) is 0 Å². The Morgan fingerprint density at radius 3 is 2.13 bits per heavy atom. The summed E-state index contributed by atoms with van der Waals surface area (Å²) in [5.41, 5.74) is 7.31. The van der Waals surface area contributed by atoms with Gasteiger partial charge in [0.15, 0.2) is 0 Å². The molecule has 3 heterocycles. The molecule has 6 rings (SSSR count). The number of pyridine rings is 1. The van der Waals surface area contributed by atoms with Crippen LogP contribution in [-0.4, -0.2) is 62.1 Å². The molecule has 1 atom stereocenters. The van der Waals surface area contributed by atoms with E-state index in [2.05, 4.69) is 35.0 Å². The second-order valence-electron chi connectivity index (χ2n) is 11.7. The van der Waals surface area contributed by atoms with E-state index in [9.17, 15) is 8.42 Å². The molecule has 0 spiro atoms. The lowest BCUT2D eigenvalue weighted by Crippen LogP contribution is -2.39. The highest BCUT2D eigenvalue weighted by Gasteiger charge is 2.27. The molecule has 1 aliphatic heterocycles. The van der Waals surface area contributed by atoms with Crippen molar-refractivity contribution in [1.82, 2.24) is 19.0 Å². The molecule has 3 aromatic carbocycles. The van der Waals surface area contributed by atoms with Crippen LogP contribution in [0, 0.1) is 13.8 Å². The molecule has 46 heavy (non-hydrogen) atoms. The third-order valence-corrected chi connectivity index (χ3v) is 10.2. The third kappa shape index (κ3) is 6.80. The summed E-state index contributed by atoms with van der Waals surface area (Å²) in [6.45, 7) is 6.69. The van der Waals surface area contributed by atoms with Crippen LogP contribution in [-0.2, 0) is 34.3 Å². The molecule has 1 N–H and O–H groups in total. The zero-order chi connectivity index (χ0) is 32.3. The topological polar surface area (TPSA) is 94.4 Å². The predicted molar refractivity (Wildman–Crippen MR) is 179 cm³/mol. The molecule has 1 aliphatic rings. The fraction of sp³-hybridized carbons (Fsp3) is 0.306. The van der Waals surface area contributed by atoms with Crippen molar-refractivity contribution >= 4 is 15.7 Å². The van der Waals surface area contributed by atoms with E-state index in [-0.39, 0.29) is 24.1 Å². The molecule has 0 aliphatic carbocycles. The Balaban J connectivity index is 1.36. The Labute approximate surface area is 270 Å². The van der Waals surface area contributed by atoms with Crippen LogP contribution in [0.5, 0.6) is 11.5 Å². The van der Waals surface area contributed by atoms with Gasteiger partial charge < -0.3 is 23.9 Å². The molecular formula is C36H40N4O5S. The summed E-state index contributed by atoms with van der Waals surface area (Å²) in [6.07, 6.45) is 2.76. The van der Waals surface area contributed by atoms with Gasteiger partial charge in [-0.05, 0) is 84.6 Å². The first kappa shape index (κ1) is 31.7. The number of morpholine rings is 1. The summed E-state index contributed by atoms with van der Waals surface area (Å²) in [6, 6.07) is 24.4. The number of hydrogen-bond acceptors (Lipinski definition) is 7. The molecule has 0 unspecified atom stereocenters. The summed E-state index contributed by atoms with van der Waals surface area (Å²) in [5, 5.41) is 3.42. The van der Waals surface area contributed by atoms with Gasteiger partial charge in [-0.1, -0.05) is 30.3 Å². The van der Waals surface area contributed by atoms with Gasteiger partial charge in [0, 0.05) is 44.4 Å². The van der Waals surface area contributed by atoms with E-state index in [4.69, 9.17) is 19.2 Å². The van der Waals surface area contributed by atoms with E-state index in [0.717, 1.165) is 57.9 Å². The van der Waals surface area contributed by atoms with Crippen LogP contribution in [0.15, 0.2) is 90.0 Å². The molecule has 1 saturated heterocycles. The molecule has 0 saturated carbocycles. The molecule has 1 fully saturated rings. The zero-order valence-corrected chi connectivity index (χ0v) is 27.5. The average Bonchev–Trinajstić information content (AvgIpc) is 3.41. The SMILES string of the molecule is COc1ccc(CN(Cc2ccc(OC)cc2)S(=O)(=O)c2ccc(-c3nc4cc(C)ccn4c3C[C@H]3CNCCO3)c(C)c2)cc1. The maximum atomic E-state index is 14.3. The van der Waals surface area contributed by atoms with Crippen LogP contribution in [0.25, 0.3) is 16.9 Å². The van der Waals surface area contributed by atoms with Crippen molar-refractivity contribution in [2.45, 2.75) is 44.4 Å². The fourth-order valence-corrected chi connectivity index (χ4v) is 7.38. The lowest BCUT2D eigenvalue weighted by Gasteiger charge is -2.24. The van der Waals surface area contributed by atoms with Crippen LogP contribution in [0.3, 0.4) is 0 Å². The first-order chi connectivity index (χ1) is 22.2. The minimum Gasteiger partial charge on any atom is -0.497 e. The number of ether oxygens (including phenoxy) is 3. The van der Waals surface area contributed by atoms with Crippen LogP contribution >= 0.6 is 0 Å². The van der Waals surface area contributed by atoms with Crippen LogP contribution in [0.4, 0.5) is 0 Å². The lowest BCUT2D eigenvalue weighted by atomic mass is 10.0. The maximum absolute atomic E-state index is 14.3. The lowest BCUT2D eigenvalue weighted by molar-refractivity contribution is 0.0286. The number of imidazole rings is 1. The number of methoxy groups -OCH3 is 2. The highest BCUT2D eigenvalue weighted by Crippen LogP contribution is 2.32. The number of benzene rings is 3. The minimum atomic E-state index is -3.90. The number of nitrogens with zero attached hydrogens (tertiary/aromatic N) is 3. The Morgan fingerprint density at radius 1 is 0.913 bits per heavy atom. The van der Waals surface area contributed by atoms with Crippen molar-refractivity contribution in [2.75, 3.05) is 33.9 Å². The summed E-state index contributed by atoms with van der Waals surface area (Å²) in [5.74, 6) is 1.43. The van der Waals surface area contributed by atoms with Gasteiger partial charge in [0.1, 0.15) is 17.1 Å². The van der Waals surface area contributed by atoms with E-state index >= 15 is 0 Å². The first-order valence-electron chi connectivity index (χ1n) is 15.4. The Kier molecular flexibility index (Phi) is 9.42. The van der Waals surface area contributed by atoms with Gasteiger partial charge in [-0.3, -0.25) is 0 Å². The Hall–Kier alpha value is -4.22. The number of nitrogens with one attached hydrogen (secondary N) is 1. The van der Waals surface area contributed by atoms with Gasteiger partial charge in [-0.25, -0.2) is 13.4 Å². The molecule has 2 aromatic heterocycles. The van der Waals surface area contributed by atoms with Crippen LogP contribution < -0.4 is 14.8 Å². The van der Waals surface area contributed by atoms with Crippen molar-refractivity contribution < 1.29 is 22.6 Å². The number of fused-ring (bicyclic) bond motifs is 1. The number of rotatable bonds is 11. The first-order valence-corrected chi connectivity index (χ1v) is 16.9. The third-order valence-electron chi connectivity index (χ3n) is 8.43. The minimum absolute atomic E-state index is 0.0260. The van der Waals surface area contributed by atoms with Crippen molar-refractivity contribution in [3.8, 4) is 22.8 Å². The molecule has 5 aromatic rings. The van der Waals surface area contributed by atoms with Gasteiger partial charge in [0.05, 0.1) is 43.2 Å². The molecule has 0 radical (unpaired) electrons. The monoisotopic (exact) mass is 640 g/mol. The van der Waals surface area contributed by atoms with E-state index in [1.54, 1.807) is 26.4 Å². The summed E-state index contributed by atoms with van der Waals surface area (Å²) in [4.78, 5) is 5.28. The fourth-order valence-electron chi connectivity index (χ4n) is 5.88. The molecular weight excluding hydrogens is 600 g/mol. The van der Waals surface area contributed by atoms with Crippen molar-refractivity contribution in [3.05, 3.63) is 113 Å². The molecule has 0 amide bonds. The van der Waals surface area contributed by atoms with Gasteiger partial charge in [0.25, 0.3) is 0 Å². The normalized spacial score (nSPS) is 15.4. The predicted octanol–water partition coefficient (Wildman–Crippen LogP) is 5.56. The van der Waals surface area contributed by atoms with Crippen molar-refractivity contribution in [1.29, 1.82) is 0 Å². The van der Waals surface area contributed by atoms with E-state index in [1.807, 2.05) is 61.5 Å². The Bertz CT molecular complexity index is 1870. The molecule has 10 heteroatoms. The number of hydrogen-bond donors (Lipinski definition) is 1. The van der Waals surface area contributed by atoms with Crippen molar-refractivity contribution in [2.24, 2.45) is 0 Å². The number of sulfonamides is 1. The quantitative estimate of drug-likeness (QED) is 0.202. The largest absolute Gasteiger partial charge is 0.497 e. The van der Waals surface area contributed by atoms with Crippen LogP contribution in [0.1, 0.15) is 27.9 Å². The number of aryl methyl sites for hydroxylation is 2. The smallest absolute Gasteiger partial charge is 0.243 e. The highest BCUT2D eigenvalue weighted by atomic mass is 32.2.